The Morgan fingerprint density at radius 2 is 1.77 bits per heavy atom. The Morgan fingerprint density at radius 3 is 2.46 bits per heavy atom. The second-order valence-electron chi connectivity index (χ2n) is 7.20. The molecule has 0 radical (unpaired) electrons. The van der Waals surface area contributed by atoms with Gasteiger partial charge in [-0.2, -0.15) is 0 Å². The third-order valence-corrected chi connectivity index (χ3v) is 5.16. The van der Waals surface area contributed by atoms with Crippen molar-refractivity contribution in [3.63, 3.8) is 0 Å². The zero-order chi connectivity index (χ0) is 19.3. The van der Waals surface area contributed by atoms with E-state index < -0.39 is 5.97 Å². The lowest BCUT2D eigenvalue weighted by molar-refractivity contribution is -0.114. The summed E-state index contributed by atoms with van der Waals surface area (Å²) in [6.07, 6.45) is 9.83. The summed E-state index contributed by atoms with van der Waals surface area (Å²) in [7, 11) is 0. The van der Waals surface area contributed by atoms with Crippen LogP contribution >= 0.6 is 11.6 Å². The van der Waals surface area contributed by atoms with E-state index in [1.165, 1.54) is 0 Å². The smallest absolute Gasteiger partial charge is 0.339 e. The normalized spacial score (nSPS) is 21.7. The molecule has 1 aromatic carbocycles. The molecule has 1 heterocycles. The minimum atomic E-state index is -0.402. The first-order valence-electron chi connectivity index (χ1n) is 9.15. The predicted octanol–water partition coefficient (Wildman–Crippen LogP) is 5.55. The second kappa shape index (κ2) is 9.18. The fraction of sp³-hybridized carbons (Fsp3) is 0.455. The van der Waals surface area contributed by atoms with Crippen molar-refractivity contribution in [3.8, 4) is 0 Å². The maximum Gasteiger partial charge on any atom is 0.339 e. The number of carbonyl (C=O) groups excluding carboxylic acids is 2. The van der Waals surface area contributed by atoms with E-state index in [-0.39, 0.29) is 24.2 Å². The standard InChI is InChI=1S/C22H27ClO3/c1-14(2)19-11-9-7-5-6-8-10-17(24)13-18-20(22(25)26-19)15(3)12-16(4)21(18)23/h7-10,12,14,19H,5-6,11,13H2,1-4H3/b9-7+,10-8+/t19-/m0/s1. The summed E-state index contributed by atoms with van der Waals surface area (Å²) in [4.78, 5) is 25.3. The summed E-state index contributed by atoms with van der Waals surface area (Å²) in [5, 5.41) is 0.470. The van der Waals surface area contributed by atoms with Crippen LogP contribution in [0.1, 0.15) is 60.2 Å². The molecular weight excluding hydrogens is 348 g/mol. The quantitative estimate of drug-likeness (QED) is 0.478. The van der Waals surface area contributed by atoms with Crippen molar-refractivity contribution in [2.75, 3.05) is 0 Å². The molecule has 4 heteroatoms. The van der Waals surface area contributed by atoms with Crippen molar-refractivity contribution in [1.29, 1.82) is 0 Å². The molecule has 1 atom stereocenters. The van der Waals surface area contributed by atoms with E-state index in [4.69, 9.17) is 16.3 Å². The molecule has 26 heavy (non-hydrogen) atoms. The van der Waals surface area contributed by atoms with Crippen molar-refractivity contribution in [3.05, 3.63) is 57.6 Å². The highest BCUT2D eigenvalue weighted by molar-refractivity contribution is 6.33. The van der Waals surface area contributed by atoms with Crippen LogP contribution in [0.3, 0.4) is 0 Å². The summed E-state index contributed by atoms with van der Waals surface area (Å²) >= 11 is 6.47. The predicted molar refractivity (Wildman–Crippen MR) is 106 cm³/mol. The van der Waals surface area contributed by atoms with E-state index in [2.05, 4.69) is 12.2 Å². The van der Waals surface area contributed by atoms with E-state index in [1.807, 2.05) is 39.8 Å². The third-order valence-electron chi connectivity index (χ3n) is 4.64. The minimum absolute atomic E-state index is 0.0626. The van der Waals surface area contributed by atoms with Crippen LogP contribution in [0.15, 0.2) is 30.4 Å². The van der Waals surface area contributed by atoms with Crippen molar-refractivity contribution in [1.82, 2.24) is 0 Å². The first-order chi connectivity index (χ1) is 12.3. The lowest BCUT2D eigenvalue weighted by atomic mass is 9.94. The summed E-state index contributed by atoms with van der Waals surface area (Å²) in [6.45, 7) is 7.82. The van der Waals surface area contributed by atoms with E-state index in [9.17, 15) is 9.59 Å². The number of esters is 1. The number of aryl methyl sites for hydroxylation is 2. The molecule has 0 spiro atoms. The molecule has 0 unspecified atom stereocenters. The molecule has 0 amide bonds. The van der Waals surface area contributed by atoms with Gasteiger partial charge >= 0.3 is 5.97 Å². The molecule has 0 N–H and O–H groups in total. The van der Waals surface area contributed by atoms with Gasteiger partial charge in [-0.15, -0.1) is 0 Å². The van der Waals surface area contributed by atoms with Gasteiger partial charge in [0, 0.05) is 17.9 Å². The van der Waals surface area contributed by atoms with Gasteiger partial charge in [0.2, 0.25) is 0 Å². The lowest BCUT2D eigenvalue weighted by Crippen LogP contribution is -2.25. The average molecular weight is 375 g/mol. The zero-order valence-corrected chi connectivity index (χ0v) is 16.7. The first kappa shape index (κ1) is 20.4. The monoisotopic (exact) mass is 374 g/mol. The molecule has 0 aliphatic carbocycles. The number of carbonyl (C=O) groups is 2. The number of hydrogen-bond donors (Lipinski definition) is 0. The van der Waals surface area contributed by atoms with E-state index >= 15 is 0 Å². The summed E-state index contributed by atoms with van der Waals surface area (Å²) in [6, 6.07) is 1.87. The summed E-state index contributed by atoms with van der Waals surface area (Å²) < 4.78 is 5.82. The third kappa shape index (κ3) is 5.07. The second-order valence-corrected chi connectivity index (χ2v) is 7.57. The van der Waals surface area contributed by atoms with Crippen LogP contribution in [0.5, 0.6) is 0 Å². The molecule has 3 nitrogen and oxygen atoms in total. The largest absolute Gasteiger partial charge is 0.458 e. The van der Waals surface area contributed by atoms with Crippen molar-refractivity contribution >= 4 is 23.4 Å². The molecular formula is C22H27ClO3. The topological polar surface area (TPSA) is 43.4 Å². The summed E-state index contributed by atoms with van der Waals surface area (Å²) in [5.74, 6) is -0.268. The van der Waals surface area contributed by atoms with Crippen LogP contribution in [-0.2, 0) is 16.0 Å². The van der Waals surface area contributed by atoms with Gasteiger partial charge in [0.15, 0.2) is 5.78 Å². The van der Waals surface area contributed by atoms with Gasteiger partial charge in [-0.3, -0.25) is 4.79 Å². The molecule has 1 aromatic rings. The first-order valence-corrected chi connectivity index (χ1v) is 9.53. The molecule has 0 saturated carbocycles. The number of fused-ring (bicyclic) bond motifs is 1. The Hall–Kier alpha value is -1.87. The highest BCUT2D eigenvalue weighted by atomic mass is 35.5. The van der Waals surface area contributed by atoms with Gasteiger partial charge < -0.3 is 4.74 Å². The fourth-order valence-corrected chi connectivity index (χ4v) is 3.35. The lowest BCUT2D eigenvalue weighted by Gasteiger charge is -2.22. The van der Waals surface area contributed by atoms with Gasteiger partial charge in [0.1, 0.15) is 6.10 Å². The number of hydrogen-bond acceptors (Lipinski definition) is 3. The number of ether oxygens (including phenoxy) is 1. The van der Waals surface area contributed by atoms with Gasteiger partial charge in [-0.05, 0) is 55.4 Å². The van der Waals surface area contributed by atoms with Gasteiger partial charge in [0.05, 0.1) is 5.56 Å². The number of cyclic esters (lactones) is 1. The maximum atomic E-state index is 12.9. The number of ketones is 1. The van der Waals surface area contributed by atoms with Crippen LogP contribution in [-0.4, -0.2) is 17.9 Å². The Labute approximate surface area is 161 Å². The molecule has 1 aliphatic heterocycles. The molecule has 140 valence electrons. The van der Waals surface area contributed by atoms with Crippen LogP contribution < -0.4 is 0 Å². The molecule has 0 aromatic heterocycles. The Kier molecular flexibility index (Phi) is 7.22. The number of benzene rings is 1. The zero-order valence-electron chi connectivity index (χ0n) is 16.0. The van der Waals surface area contributed by atoms with Crippen LogP contribution in [0.4, 0.5) is 0 Å². The Balaban J connectivity index is 2.52. The van der Waals surface area contributed by atoms with Crippen molar-refractivity contribution in [2.24, 2.45) is 5.92 Å². The van der Waals surface area contributed by atoms with Gasteiger partial charge in [-0.25, -0.2) is 4.79 Å². The van der Waals surface area contributed by atoms with Crippen LogP contribution in [0, 0.1) is 19.8 Å². The van der Waals surface area contributed by atoms with Crippen LogP contribution in [0.2, 0.25) is 5.02 Å². The highest BCUT2D eigenvalue weighted by Crippen LogP contribution is 2.30. The fourth-order valence-electron chi connectivity index (χ4n) is 3.14. The summed E-state index contributed by atoms with van der Waals surface area (Å²) in [5.41, 5.74) is 2.64. The minimum Gasteiger partial charge on any atom is -0.458 e. The van der Waals surface area contributed by atoms with E-state index in [0.29, 0.717) is 22.6 Å². The molecule has 1 aliphatic rings. The van der Waals surface area contributed by atoms with Crippen LogP contribution in [0.25, 0.3) is 0 Å². The highest BCUT2D eigenvalue weighted by Gasteiger charge is 2.25. The number of halogens is 1. The van der Waals surface area contributed by atoms with Crippen molar-refractivity contribution in [2.45, 2.75) is 59.5 Å². The maximum absolute atomic E-state index is 12.9. The Bertz CT molecular complexity index is 744. The molecule has 0 bridgehead atoms. The van der Waals surface area contributed by atoms with Gasteiger partial charge in [-0.1, -0.05) is 49.7 Å². The molecule has 2 rings (SSSR count). The number of allylic oxidation sites excluding steroid dienone is 3. The van der Waals surface area contributed by atoms with E-state index in [0.717, 1.165) is 24.0 Å². The SMILES string of the molecule is Cc1cc(C)c2c(c1Cl)CC(=O)/C=C/CC/C=C/C[C@@H](C(C)C)OC2=O. The average Bonchev–Trinajstić information content (AvgIpc) is 2.56. The van der Waals surface area contributed by atoms with E-state index in [1.54, 1.807) is 6.08 Å². The van der Waals surface area contributed by atoms with Crippen molar-refractivity contribution < 1.29 is 14.3 Å². The number of rotatable bonds is 1. The molecule has 0 fully saturated rings. The Morgan fingerprint density at radius 1 is 1.08 bits per heavy atom. The van der Waals surface area contributed by atoms with Gasteiger partial charge in [0.25, 0.3) is 0 Å². The molecule has 0 saturated heterocycles.